The minimum absolute atomic E-state index is 0.0185. The second-order valence-corrected chi connectivity index (χ2v) is 8.27. The fraction of sp³-hybridized carbons (Fsp3) is 0.280. The third-order valence-electron chi connectivity index (χ3n) is 6.00. The van der Waals surface area contributed by atoms with Gasteiger partial charge in [-0.1, -0.05) is 18.2 Å². The quantitative estimate of drug-likeness (QED) is 0.275. The van der Waals surface area contributed by atoms with Crippen LogP contribution < -0.4 is 9.80 Å². The Balaban J connectivity index is 1.65. The molecule has 1 saturated carbocycles. The summed E-state index contributed by atoms with van der Waals surface area (Å²) < 4.78 is 4.91. The lowest BCUT2D eigenvalue weighted by molar-refractivity contribution is -0.137. The zero-order valence-electron chi connectivity index (χ0n) is 18.0. The summed E-state index contributed by atoms with van der Waals surface area (Å²) in [4.78, 5) is 32.2. The molecular formula is C25H23N3O3S. The largest absolute Gasteiger partial charge is 0.463 e. The monoisotopic (exact) mass is 445 g/mol. The van der Waals surface area contributed by atoms with Crippen LogP contribution in [0.2, 0.25) is 0 Å². The van der Waals surface area contributed by atoms with Crippen LogP contribution in [0.15, 0.2) is 48.5 Å². The molecule has 1 aliphatic carbocycles. The number of ether oxygens (including phenoxy) is 1. The first-order chi connectivity index (χ1) is 15.4. The van der Waals surface area contributed by atoms with Gasteiger partial charge < -0.3 is 9.64 Å². The van der Waals surface area contributed by atoms with Crippen LogP contribution in [0.1, 0.15) is 37.3 Å². The van der Waals surface area contributed by atoms with Crippen molar-refractivity contribution in [1.82, 2.24) is 0 Å². The van der Waals surface area contributed by atoms with Gasteiger partial charge in [-0.05, 0) is 86.8 Å². The van der Waals surface area contributed by atoms with E-state index < -0.39 is 5.54 Å². The van der Waals surface area contributed by atoms with E-state index in [2.05, 4.69) is 4.85 Å². The van der Waals surface area contributed by atoms with E-state index in [0.717, 1.165) is 36.1 Å². The van der Waals surface area contributed by atoms with Gasteiger partial charge in [0.05, 0.1) is 13.2 Å². The number of hydrogen-bond donors (Lipinski definition) is 0. The van der Waals surface area contributed by atoms with Crippen LogP contribution in [0, 0.1) is 13.5 Å². The van der Waals surface area contributed by atoms with Crippen LogP contribution >= 0.6 is 12.2 Å². The van der Waals surface area contributed by atoms with Crippen LogP contribution in [0.5, 0.6) is 0 Å². The van der Waals surface area contributed by atoms with Crippen molar-refractivity contribution in [2.24, 2.45) is 0 Å². The van der Waals surface area contributed by atoms with Crippen LogP contribution in [-0.4, -0.2) is 29.1 Å². The number of thiocarbonyl (C=S) groups is 1. The SMILES string of the molecule is [C-]#[N+]c1ccc(N2C(=O)C3(CCC3)N(c3ccc(/C=C/C(=O)OCC)cc3)C2=S)cc1C. The third-order valence-corrected chi connectivity index (χ3v) is 6.37. The summed E-state index contributed by atoms with van der Waals surface area (Å²) in [6, 6.07) is 13.0. The second-order valence-electron chi connectivity index (χ2n) is 7.90. The van der Waals surface area contributed by atoms with Gasteiger partial charge in [0.25, 0.3) is 5.91 Å². The summed E-state index contributed by atoms with van der Waals surface area (Å²) in [5, 5.41) is 0.444. The first kappa shape index (κ1) is 21.7. The Hall–Kier alpha value is -3.50. The molecule has 2 aromatic carbocycles. The van der Waals surface area contributed by atoms with Crippen LogP contribution in [0.4, 0.5) is 17.1 Å². The van der Waals surface area contributed by atoms with Crippen LogP contribution in [0.3, 0.4) is 0 Å². The predicted molar refractivity (Wildman–Crippen MR) is 129 cm³/mol. The predicted octanol–water partition coefficient (Wildman–Crippen LogP) is 5.18. The summed E-state index contributed by atoms with van der Waals surface area (Å²) in [6.07, 6.45) is 5.54. The molecule has 1 amide bonds. The standard InChI is InChI=1S/C25H23N3O3S/c1-4-31-22(29)13-8-18-6-9-19(10-7-18)28-24(32)27(23(30)25(28)14-5-15-25)20-11-12-21(26-3)17(2)16-20/h6-13,16H,4-5,14-15H2,1-2H3/b13-8+. The fourth-order valence-corrected chi connectivity index (χ4v) is 4.67. The van der Waals surface area contributed by atoms with Gasteiger partial charge in [0.1, 0.15) is 5.54 Å². The van der Waals surface area contributed by atoms with Crippen molar-refractivity contribution in [1.29, 1.82) is 0 Å². The van der Waals surface area contributed by atoms with E-state index in [1.54, 1.807) is 30.0 Å². The topological polar surface area (TPSA) is 54.2 Å². The molecule has 1 spiro atoms. The molecule has 0 aromatic heterocycles. The van der Waals surface area contributed by atoms with E-state index in [-0.39, 0.29) is 11.9 Å². The molecule has 6 nitrogen and oxygen atoms in total. The first-order valence-corrected chi connectivity index (χ1v) is 10.9. The second kappa shape index (κ2) is 8.56. The lowest BCUT2D eigenvalue weighted by Gasteiger charge is -2.43. The van der Waals surface area contributed by atoms with Crippen LogP contribution in [-0.2, 0) is 14.3 Å². The maximum absolute atomic E-state index is 13.5. The summed E-state index contributed by atoms with van der Waals surface area (Å²) in [7, 11) is 0. The van der Waals surface area contributed by atoms with E-state index in [1.165, 1.54) is 6.08 Å². The minimum atomic E-state index is -0.661. The number of benzene rings is 2. The van der Waals surface area contributed by atoms with E-state index in [0.29, 0.717) is 23.1 Å². The molecule has 32 heavy (non-hydrogen) atoms. The molecule has 0 unspecified atom stereocenters. The molecule has 0 radical (unpaired) electrons. The van der Waals surface area contributed by atoms with E-state index in [9.17, 15) is 9.59 Å². The number of carbonyl (C=O) groups is 2. The number of nitrogens with zero attached hydrogens (tertiary/aromatic N) is 3. The van der Waals surface area contributed by atoms with Crippen molar-refractivity contribution < 1.29 is 14.3 Å². The van der Waals surface area contributed by atoms with E-state index in [4.69, 9.17) is 23.5 Å². The number of esters is 1. The molecule has 2 fully saturated rings. The van der Waals surface area contributed by atoms with Crippen molar-refractivity contribution in [2.75, 3.05) is 16.4 Å². The zero-order chi connectivity index (χ0) is 22.9. The van der Waals surface area contributed by atoms with Gasteiger partial charge in [0.15, 0.2) is 10.8 Å². The highest BCUT2D eigenvalue weighted by Gasteiger charge is 2.59. The first-order valence-electron chi connectivity index (χ1n) is 10.5. The van der Waals surface area contributed by atoms with E-state index >= 15 is 0 Å². The van der Waals surface area contributed by atoms with Crippen molar-refractivity contribution in [3.8, 4) is 0 Å². The Morgan fingerprint density at radius 1 is 1.22 bits per heavy atom. The van der Waals surface area contributed by atoms with Gasteiger partial charge in [-0.25, -0.2) is 9.64 Å². The Morgan fingerprint density at radius 2 is 1.91 bits per heavy atom. The average Bonchev–Trinajstić information content (AvgIpc) is 2.99. The molecule has 2 aliphatic rings. The number of rotatable bonds is 5. The van der Waals surface area contributed by atoms with E-state index in [1.807, 2.05) is 42.2 Å². The summed E-state index contributed by atoms with van der Waals surface area (Å²) >= 11 is 5.80. The number of amides is 1. The van der Waals surface area contributed by atoms with Crippen molar-refractivity contribution in [3.63, 3.8) is 0 Å². The molecular weight excluding hydrogens is 422 g/mol. The minimum Gasteiger partial charge on any atom is -0.463 e. The summed E-state index contributed by atoms with van der Waals surface area (Å²) in [5.41, 5.74) is 3.09. The number of anilines is 2. The molecule has 1 aliphatic heterocycles. The smallest absolute Gasteiger partial charge is 0.330 e. The van der Waals surface area contributed by atoms with Crippen LogP contribution in [0.25, 0.3) is 10.9 Å². The maximum Gasteiger partial charge on any atom is 0.330 e. The van der Waals surface area contributed by atoms with Gasteiger partial charge >= 0.3 is 5.97 Å². The Morgan fingerprint density at radius 3 is 2.47 bits per heavy atom. The number of carbonyl (C=O) groups excluding carboxylic acids is 2. The van der Waals surface area contributed by atoms with Gasteiger partial charge in [0, 0.05) is 17.5 Å². The lowest BCUT2D eigenvalue weighted by atomic mass is 9.75. The zero-order valence-corrected chi connectivity index (χ0v) is 18.8. The molecule has 0 atom stereocenters. The highest BCUT2D eigenvalue weighted by atomic mass is 32.1. The molecule has 1 heterocycles. The molecule has 0 N–H and O–H groups in total. The van der Waals surface area contributed by atoms with Crippen molar-refractivity contribution in [3.05, 3.63) is 71.1 Å². The normalized spacial score (nSPS) is 17.0. The molecule has 162 valence electrons. The molecule has 4 rings (SSSR count). The average molecular weight is 446 g/mol. The van der Waals surface area contributed by atoms with Gasteiger partial charge in [-0.2, -0.15) is 0 Å². The molecule has 7 heteroatoms. The van der Waals surface area contributed by atoms with Crippen molar-refractivity contribution >= 4 is 52.3 Å². The Labute approximate surface area is 192 Å². The molecule has 2 aromatic rings. The maximum atomic E-state index is 13.5. The third kappa shape index (κ3) is 3.57. The van der Waals surface area contributed by atoms with Gasteiger partial charge in [0.2, 0.25) is 0 Å². The molecule has 1 saturated heterocycles. The highest BCUT2D eigenvalue weighted by molar-refractivity contribution is 7.81. The van der Waals surface area contributed by atoms with Crippen molar-refractivity contribution in [2.45, 2.75) is 38.6 Å². The number of hydrogen-bond acceptors (Lipinski definition) is 4. The lowest BCUT2D eigenvalue weighted by Crippen LogP contribution is -2.55. The summed E-state index contributed by atoms with van der Waals surface area (Å²) in [6.45, 7) is 11.2. The Bertz CT molecular complexity index is 1160. The Kier molecular flexibility index (Phi) is 5.81. The highest BCUT2D eigenvalue weighted by Crippen LogP contribution is 2.48. The molecule has 0 bridgehead atoms. The van der Waals surface area contributed by atoms with Gasteiger partial charge in [-0.15, -0.1) is 0 Å². The summed E-state index contributed by atoms with van der Waals surface area (Å²) in [5.74, 6) is -0.401. The number of aryl methyl sites for hydroxylation is 1. The van der Waals surface area contributed by atoms with Gasteiger partial charge in [-0.3, -0.25) is 9.69 Å². The fourth-order valence-electron chi connectivity index (χ4n) is 4.20.